The molecule has 2 rings (SSSR count). The monoisotopic (exact) mass is 277 g/mol. The maximum Gasteiger partial charge on any atom is 0.0998 e. The van der Waals surface area contributed by atoms with Gasteiger partial charge in [-0.15, -0.1) is 0 Å². The van der Waals surface area contributed by atoms with Crippen LogP contribution in [0.2, 0.25) is 0 Å². The van der Waals surface area contributed by atoms with E-state index in [1.165, 1.54) is 22.3 Å². The topological polar surface area (TPSA) is 23.8 Å². The third-order valence-corrected chi connectivity index (χ3v) is 4.00. The van der Waals surface area contributed by atoms with Crippen molar-refractivity contribution in [2.75, 3.05) is 0 Å². The van der Waals surface area contributed by atoms with Gasteiger partial charge >= 0.3 is 0 Å². The van der Waals surface area contributed by atoms with Crippen LogP contribution in [0.3, 0.4) is 0 Å². The molecule has 0 aliphatic carbocycles. The van der Waals surface area contributed by atoms with E-state index in [-0.39, 0.29) is 0 Å². The second kappa shape index (κ2) is 6.14. The Balaban J connectivity index is 2.82. The maximum absolute atomic E-state index is 9.39. The molecule has 0 aliphatic rings. The van der Waals surface area contributed by atoms with Crippen LogP contribution >= 0.6 is 0 Å². The number of rotatable bonds is 3. The van der Waals surface area contributed by atoms with Crippen LogP contribution in [0, 0.1) is 18.3 Å². The van der Waals surface area contributed by atoms with Crippen molar-refractivity contribution in [1.29, 1.82) is 5.26 Å². The molecule has 0 atom stereocenters. The van der Waals surface area contributed by atoms with E-state index < -0.39 is 0 Å². The third-order valence-electron chi connectivity index (χ3n) is 4.00. The molecule has 1 heteroatoms. The van der Waals surface area contributed by atoms with Crippen molar-refractivity contribution in [1.82, 2.24) is 0 Å². The average Bonchev–Trinajstić information content (AvgIpc) is 2.46. The van der Waals surface area contributed by atoms with Gasteiger partial charge in [-0.25, -0.2) is 0 Å². The minimum Gasteiger partial charge on any atom is -0.192 e. The van der Waals surface area contributed by atoms with Gasteiger partial charge in [-0.2, -0.15) is 5.26 Å². The van der Waals surface area contributed by atoms with Crippen LogP contribution < -0.4 is 0 Å². The molecule has 0 aromatic heterocycles. The van der Waals surface area contributed by atoms with Gasteiger partial charge in [0.25, 0.3) is 0 Å². The summed E-state index contributed by atoms with van der Waals surface area (Å²) in [5.74, 6) is 0.917. The van der Waals surface area contributed by atoms with E-state index >= 15 is 0 Å². The van der Waals surface area contributed by atoms with Crippen LogP contribution in [-0.4, -0.2) is 0 Å². The molecule has 2 aromatic rings. The van der Waals surface area contributed by atoms with Crippen molar-refractivity contribution in [2.45, 2.75) is 46.5 Å². The largest absolute Gasteiger partial charge is 0.192 e. The van der Waals surface area contributed by atoms with Gasteiger partial charge in [0.1, 0.15) is 0 Å². The molecule has 21 heavy (non-hydrogen) atoms. The van der Waals surface area contributed by atoms with E-state index in [0.717, 1.165) is 11.1 Å². The molecule has 0 unspecified atom stereocenters. The lowest BCUT2D eigenvalue weighted by molar-refractivity contribution is 0.785. The lowest BCUT2D eigenvalue weighted by atomic mass is 9.81. The van der Waals surface area contributed by atoms with Gasteiger partial charge in [0, 0.05) is 0 Å². The summed E-state index contributed by atoms with van der Waals surface area (Å²) in [4.78, 5) is 0. The molecule has 0 saturated carbocycles. The predicted octanol–water partition coefficient (Wildman–Crippen LogP) is 5.78. The zero-order valence-corrected chi connectivity index (χ0v) is 13.6. The summed E-state index contributed by atoms with van der Waals surface area (Å²) in [5.41, 5.74) is 7.15. The second-order valence-corrected chi connectivity index (χ2v) is 6.22. The standard InChI is InChI=1S/C20H23N/c1-13(2)19-15(5)10-11-18(20(19)14(3)4)17-9-7-6-8-16(17)12-21/h6-11,13-14H,1-5H3. The highest BCUT2D eigenvalue weighted by molar-refractivity contribution is 5.75. The first-order valence-corrected chi connectivity index (χ1v) is 7.60. The summed E-state index contributed by atoms with van der Waals surface area (Å²) in [5, 5.41) is 9.39. The highest BCUT2D eigenvalue weighted by Gasteiger charge is 2.19. The summed E-state index contributed by atoms with van der Waals surface area (Å²) in [7, 11) is 0. The van der Waals surface area contributed by atoms with Crippen LogP contribution in [0.15, 0.2) is 36.4 Å². The summed E-state index contributed by atoms with van der Waals surface area (Å²) in [6, 6.07) is 14.6. The lowest BCUT2D eigenvalue weighted by Gasteiger charge is -2.23. The molecule has 0 spiro atoms. The van der Waals surface area contributed by atoms with Crippen LogP contribution in [-0.2, 0) is 0 Å². The van der Waals surface area contributed by atoms with Gasteiger partial charge in [0.05, 0.1) is 11.6 Å². The number of benzene rings is 2. The smallest absolute Gasteiger partial charge is 0.0998 e. The number of nitriles is 1. The molecule has 0 N–H and O–H groups in total. The van der Waals surface area contributed by atoms with Crippen LogP contribution in [0.4, 0.5) is 0 Å². The molecule has 0 bridgehead atoms. The Morgan fingerprint density at radius 3 is 2.00 bits per heavy atom. The molecule has 2 aromatic carbocycles. The van der Waals surface area contributed by atoms with Crippen molar-refractivity contribution in [3.05, 3.63) is 58.7 Å². The van der Waals surface area contributed by atoms with E-state index in [4.69, 9.17) is 0 Å². The molecule has 0 aliphatic heterocycles. The molecule has 0 amide bonds. The maximum atomic E-state index is 9.39. The Kier molecular flexibility index (Phi) is 4.48. The average molecular weight is 277 g/mol. The summed E-state index contributed by atoms with van der Waals surface area (Å²) in [6.07, 6.45) is 0. The first-order valence-electron chi connectivity index (χ1n) is 7.60. The number of hydrogen-bond donors (Lipinski definition) is 0. The number of hydrogen-bond acceptors (Lipinski definition) is 1. The normalized spacial score (nSPS) is 11.0. The first-order chi connectivity index (χ1) is 9.97. The Labute approximate surface area is 128 Å². The van der Waals surface area contributed by atoms with E-state index in [0.29, 0.717) is 11.8 Å². The fraction of sp³-hybridized carbons (Fsp3) is 0.350. The fourth-order valence-electron chi connectivity index (χ4n) is 3.18. The SMILES string of the molecule is Cc1ccc(-c2ccccc2C#N)c(C(C)C)c1C(C)C. The van der Waals surface area contributed by atoms with Crippen molar-refractivity contribution >= 4 is 0 Å². The van der Waals surface area contributed by atoms with Crippen molar-refractivity contribution in [3.8, 4) is 17.2 Å². The number of aryl methyl sites for hydroxylation is 1. The van der Waals surface area contributed by atoms with Gasteiger partial charge < -0.3 is 0 Å². The van der Waals surface area contributed by atoms with Gasteiger partial charge in [-0.3, -0.25) is 0 Å². The molecule has 0 saturated heterocycles. The summed E-state index contributed by atoms with van der Waals surface area (Å²) >= 11 is 0. The highest BCUT2D eigenvalue weighted by atomic mass is 14.3. The molecule has 108 valence electrons. The fourth-order valence-corrected chi connectivity index (χ4v) is 3.18. The van der Waals surface area contributed by atoms with Crippen LogP contribution in [0.1, 0.15) is 61.8 Å². The van der Waals surface area contributed by atoms with Gasteiger partial charge in [-0.05, 0) is 52.6 Å². The van der Waals surface area contributed by atoms with E-state index in [1.54, 1.807) is 0 Å². The molecule has 0 fully saturated rings. The Morgan fingerprint density at radius 2 is 1.43 bits per heavy atom. The zero-order chi connectivity index (χ0) is 15.6. The zero-order valence-electron chi connectivity index (χ0n) is 13.6. The predicted molar refractivity (Wildman–Crippen MR) is 89.5 cm³/mol. The minimum absolute atomic E-state index is 0.434. The van der Waals surface area contributed by atoms with Crippen LogP contribution in [0.5, 0.6) is 0 Å². The molecular weight excluding hydrogens is 254 g/mol. The Bertz CT molecular complexity index is 687. The molecular formula is C20H23N. The highest BCUT2D eigenvalue weighted by Crippen LogP contribution is 2.38. The van der Waals surface area contributed by atoms with Gasteiger partial charge in [0.2, 0.25) is 0 Å². The molecule has 0 radical (unpaired) electrons. The van der Waals surface area contributed by atoms with Gasteiger partial charge in [-0.1, -0.05) is 58.0 Å². The quantitative estimate of drug-likeness (QED) is 0.697. The van der Waals surface area contributed by atoms with Crippen molar-refractivity contribution in [2.24, 2.45) is 0 Å². The molecule has 1 nitrogen and oxygen atoms in total. The van der Waals surface area contributed by atoms with Crippen LogP contribution in [0.25, 0.3) is 11.1 Å². The second-order valence-electron chi connectivity index (χ2n) is 6.22. The van der Waals surface area contributed by atoms with E-state index in [2.05, 4.69) is 58.9 Å². The van der Waals surface area contributed by atoms with E-state index in [9.17, 15) is 5.26 Å². The Hall–Kier alpha value is -2.07. The van der Waals surface area contributed by atoms with Crippen molar-refractivity contribution in [3.63, 3.8) is 0 Å². The summed E-state index contributed by atoms with van der Waals surface area (Å²) in [6.45, 7) is 11.1. The van der Waals surface area contributed by atoms with E-state index in [1.807, 2.05) is 18.2 Å². The molecule has 0 heterocycles. The van der Waals surface area contributed by atoms with Crippen molar-refractivity contribution < 1.29 is 0 Å². The Morgan fingerprint density at radius 1 is 0.810 bits per heavy atom. The third kappa shape index (κ3) is 2.85. The lowest BCUT2D eigenvalue weighted by Crippen LogP contribution is -2.04. The minimum atomic E-state index is 0.434. The number of nitrogens with zero attached hydrogens (tertiary/aromatic N) is 1. The van der Waals surface area contributed by atoms with Gasteiger partial charge in [0.15, 0.2) is 0 Å². The first kappa shape index (κ1) is 15.3. The summed E-state index contributed by atoms with van der Waals surface area (Å²) < 4.78 is 0.